The molecule has 0 radical (unpaired) electrons. The summed E-state index contributed by atoms with van der Waals surface area (Å²) in [6.07, 6.45) is -4.48. The van der Waals surface area contributed by atoms with Crippen LogP contribution in [0.5, 0.6) is 11.6 Å². The van der Waals surface area contributed by atoms with Crippen molar-refractivity contribution in [3.63, 3.8) is 0 Å². The molecule has 3 unspecified atom stereocenters. The van der Waals surface area contributed by atoms with Gasteiger partial charge < -0.3 is 19.3 Å². The first-order valence-electron chi connectivity index (χ1n) is 11.2. The van der Waals surface area contributed by atoms with Crippen LogP contribution in [0.2, 0.25) is 5.02 Å². The number of aromatic nitrogens is 1. The van der Waals surface area contributed by atoms with Gasteiger partial charge in [0, 0.05) is 37.3 Å². The van der Waals surface area contributed by atoms with E-state index in [0.29, 0.717) is 41.0 Å². The summed E-state index contributed by atoms with van der Waals surface area (Å²) in [4.78, 5) is 7.47. The minimum Gasteiger partial charge on any atom is -0.487 e. The predicted molar refractivity (Wildman–Crippen MR) is 124 cm³/mol. The van der Waals surface area contributed by atoms with Gasteiger partial charge in [-0.05, 0) is 30.7 Å². The van der Waals surface area contributed by atoms with Crippen LogP contribution >= 0.6 is 11.6 Å². The Morgan fingerprint density at radius 1 is 1.23 bits per heavy atom. The molecule has 4 atom stereocenters. The van der Waals surface area contributed by atoms with E-state index >= 15 is 0 Å². The lowest BCUT2D eigenvalue weighted by Crippen LogP contribution is -2.47. The van der Waals surface area contributed by atoms with E-state index in [9.17, 15) is 17.6 Å². The van der Waals surface area contributed by atoms with Crippen molar-refractivity contribution < 1.29 is 27.0 Å². The van der Waals surface area contributed by atoms with E-state index in [1.54, 1.807) is 35.2 Å². The van der Waals surface area contributed by atoms with Crippen molar-refractivity contribution in [1.29, 1.82) is 5.26 Å². The smallest absolute Gasteiger partial charge is 0.393 e. The number of piperidine rings is 1. The maximum atomic E-state index is 15.0. The van der Waals surface area contributed by atoms with Gasteiger partial charge >= 0.3 is 6.18 Å². The molecule has 1 aromatic heterocycles. The zero-order valence-corrected chi connectivity index (χ0v) is 19.8. The number of nitriles is 1. The van der Waals surface area contributed by atoms with Crippen LogP contribution in [0, 0.1) is 17.2 Å². The van der Waals surface area contributed by atoms with Crippen molar-refractivity contribution in [3.8, 4) is 17.7 Å². The molecule has 4 rings (SSSR count). The van der Waals surface area contributed by atoms with E-state index in [4.69, 9.17) is 26.3 Å². The fourth-order valence-electron chi connectivity index (χ4n) is 4.66. The molecule has 0 amide bonds. The Kier molecular flexibility index (Phi) is 7.45. The topological polar surface area (TPSA) is 61.6 Å². The third-order valence-corrected chi connectivity index (χ3v) is 6.79. The lowest BCUT2D eigenvalue weighted by Gasteiger charge is -2.36. The second-order valence-corrected chi connectivity index (χ2v) is 9.13. The Morgan fingerprint density at radius 3 is 2.60 bits per heavy atom. The first-order valence-corrected chi connectivity index (χ1v) is 11.6. The molecule has 1 aromatic carbocycles. The van der Waals surface area contributed by atoms with E-state index in [1.165, 1.54) is 13.3 Å². The number of benzene rings is 1. The fourth-order valence-corrected chi connectivity index (χ4v) is 4.88. The number of rotatable bonds is 6. The number of halogens is 5. The lowest BCUT2D eigenvalue weighted by atomic mass is 10.0. The molecule has 2 aromatic rings. The molecule has 0 spiro atoms. The Hall–Kier alpha value is -2.93. The molecular weight excluding hydrogens is 488 g/mol. The van der Waals surface area contributed by atoms with Crippen molar-refractivity contribution in [2.45, 2.75) is 43.8 Å². The Labute approximate surface area is 206 Å². The second kappa shape index (κ2) is 10.4. The number of anilines is 2. The van der Waals surface area contributed by atoms with Crippen LogP contribution < -0.4 is 19.3 Å². The standard InChI is InChI=1S/C24H25ClF4N4O2/c1-34-23-11-21(19(25)12-31-23)32-9-7-22(20(26)14-32)35-18-4-2-16(3-5-18)33-13-15(24(27,28)29)10-17(33)6-8-30/h2-5,11-12,15,17,20,22H,6-7,9-10,13-14H2,1H3/t15?,17-,20?,22?/m0/s1. The van der Waals surface area contributed by atoms with Crippen LogP contribution in [0.15, 0.2) is 36.5 Å². The van der Waals surface area contributed by atoms with Crippen molar-refractivity contribution in [2.24, 2.45) is 5.92 Å². The SMILES string of the molecule is COc1cc(N2CCC(Oc3ccc(N4CC(C(F)(F)F)C[C@@H]4CC#N)cc3)C(F)C2)c(Cl)cn1. The normalized spacial score (nSPS) is 24.8. The van der Waals surface area contributed by atoms with Gasteiger partial charge in [0.05, 0.1) is 49.0 Å². The Balaban J connectivity index is 1.39. The van der Waals surface area contributed by atoms with Crippen LogP contribution in [0.25, 0.3) is 0 Å². The molecule has 2 aliphatic rings. The van der Waals surface area contributed by atoms with Crippen molar-refractivity contribution in [2.75, 3.05) is 36.5 Å². The van der Waals surface area contributed by atoms with Crippen LogP contribution in [0.3, 0.4) is 0 Å². The fraction of sp³-hybridized carbons (Fsp3) is 0.500. The van der Waals surface area contributed by atoms with Gasteiger partial charge in [-0.25, -0.2) is 9.37 Å². The molecule has 0 N–H and O–H groups in total. The van der Waals surface area contributed by atoms with E-state index in [-0.39, 0.29) is 25.9 Å². The minimum absolute atomic E-state index is 0.0142. The maximum absolute atomic E-state index is 15.0. The molecule has 0 bridgehead atoms. The number of hydrogen-bond donors (Lipinski definition) is 0. The first-order chi connectivity index (χ1) is 16.7. The van der Waals surface area contributed by atoms with Crippen molar-refractivity contribution >= 4 is 23.0 Å². The number of ether oxygens (including phenoxy) is 2. The van der Waals surface area contributed by atoms with Gasteiger partial charge in [0.2, 0.25) is 5.88 Å². The number of pyridine rings is 1. The van der Waals surface area contributed by atoms with Crippen LogP contribution in [-0.4, -0.2) is 56.2 Å². The number of methoxy groups -OCH3 is 1. The van der Waals surface area contributed by atoms with Crippen LogP contribution in [0.4, 0.5) is 28.9 Å². The highest BCUT2D eigenvalue weighted by Crippen LogP contribution is 2.40. The van der Waals surface area contributed by atoms with Gasteiger partial charge in [-0.2, -0.15) is 18.4 Å². The number of nitrogens with zero attached hydrogens (tertiary/aromatic N) is 4. The second-order valence-electron chi connectivity index (χ2n) is 8.72. The van der Waals surface area contributed by atoms with Gasteiger partial charge in [-0.15, -0.1) is 0 Å². The molecule has 11 heteroatoms. The van der Waals surface area contributed by atoms with Crippen molar-refractivity contribution in [1.82, 2.24) is 4.98 Å². The van der Waals surface area contributed by atoms with E-state index in [2.05, 4.69) is 4.98 Å². The summed E-state index contributed by atoms with van der Waals surface area (Å²) in [5.74, 6) is -0.653. The molecule has 35 heavy (non-hydrogen) atoms. The van der Waals surface area contributed by atoms with Gasteiger partial charge in [-0.1, -0.05) is 11.6 Å². The summed E-state index contributed by atoms with van der Waals surface area (Å²) in [6, 6.07) is 9.71. The lowest BCUT2D eigenvalue weighted by molar-refractivity contribution is -0.168. The zero-order valence-electron chi connectivity index (χ0n) is 19.0. The van der Waals surface area contributed by atoms with E-state index in [1.807, 2.05) is 11.0 Å². The predicted octanol–water partition coefficient (Wildman–Crippen LogP) is 5.41. The van der Waals surface area contributed by atoms with E-state index in [0.717, 1.165) is 0 Å². The van der Waals surface area contributed by atoms with Crippen LogP contribution in [0.1, 0.15) is 19.3 Å². The third kappa shape index (κ3) is 5.67. The monoisotopic (exact) mass is 512 g/mol. The molecule has 0 saturated carbocycles. The molecule has 2 saturated heterocycles. The molecule has 188 valence electrons. The summed E-state index contributed by atoms with van der Waals surface area (Å²) in [5.41, 5.74) is 1.22. The summed E-state index contributed by atoms with van der Waals surface area (Å²) in [6.45, 7) is 0.403. The average Bonchev–Trinajstić information content (AvgIpc) is 3.26. The first kappa shape index (κ1) is 25.2. The van der Waals surface area contributed by atoms with Gasteiger partial charge in [0.15, 0.2) is 6.17 Å². The Morgan fingerprint density at radius 2 is 1.97 bits per heavy atom. The minimum atomic E-state index is -4.30. The highest BCUT2D eigenvalue weighted by atomic mass is 35.5. The number of hydrogen-bond acceptors (Lipinski definition) is 6. The summed E-state index contributed by atoms with van der Waals surface area (Å²) in [5, 5.41) is 9.43. The van der Waals surface area contributed by atoms with Gasteiger partial charge in [0.25, 0.3) is 0 Å². The third-order valence-electron chi connectivity index (χ3n) is 6.50. The molecule has 0 aliphatic carbocycles. The van der Waals surface area contributed by atoms with Gasteiger partial charge in [0.1, 0.15) is 11.9 Å². The average molecular weight is 513 g/mol. The summed E-state index contributed by atoms with van der Waals surface area (Å²) in [7, 11) is 1.49. The van der Waals surface area contributed by atoms with Crippen LogP contribution in [-0.2, 0) is 0 Å². The maximum Gasteiger partial charge on any atom is 0.393 e. The zero-order chi connectivity index (χ0) is 25.2. The quantitative estimate of drug-likeness (QED) is 0.482. The Bertz CT molecular complexity index is 1060. The van der Waals surface area contributed by atoms with E-state index < -0.39 is 30.4 Å². The molecule has 3 heterocycles. The van der Waals surface area contributed by atoms with Gasteiger partial charge in [-0.3, -0.25) is 0 Å². The summed E-state index contributed by atoms with van der Waals surface area (Å²) >= 11 is 6.24. The van der Waals surface area contributed by atoms with Crippen molar-refractivity contribution in [3.05, 3.63) is 41.6 Å². The highest BCUT2D eigenvalue weighted by Gasteiger charge is 2.47. The molecular formula is C24H25ClF4N4O2. The molecule has 6 nitrogen and oxygen atoms in total. The molecule has 2 aliphatic heterocycles. The largest absolute Gasteiger partial charge is 0.487 e. The highest BCUT2D eigenvalue weighted by molar-refractivity contribution is 6.33. The summed E-state index contributed by atoms with van der Waals surface area (Å²) < 4.78 is 65.7. The molecule has 2 fully saturated rings. The number of alkyl halides is 4.